The minimum atomic E-state index is -3.39. The maximum atomic E-state index is 12.1. The van der Waals surface area contributed by atoms with Crippen molar-refractivity contribution in [2.75, 3.05) is 19.4 Å². The third-order valence-electron chi connectivity index (χ3n) is 4.63. The Morgan fingerprint density at radius 2 is 2.08 bits per heavy atom. The molecule has 3 rings (SSSR count). The number of aromatic nitrogens is 3. The van der Waals surface area contributed by atoms with E-state index in [1.54, 1.807) is 18.6 Å². The van der Waals surface area contributed by atoms with E-state index in [0.717, 1.165) is 38.2 Å². The van der Waals surface area contributed by atoms with Crippen LogP contribution in [0.3, 0.4) is 0 Å². The summed E-state index contributed by atoms with van der Waals surface area (Å²) >= 11 is 0. The number of hydrogen-bond acceptors (Lipinski definition) is 6. The molecule has 0 bridgehead atoms. The van der Waals surface area contributed by atoms with Gasteiger partial charge in [0.25, 0.3) is 0 Å². The normalized spacial score (nSPS) is 17.9. The number of rotatable bonds is 8. The van der Waals surface area contributed by atoms with Crippen LogP contribution < -0.4 is 0 Å². The Balaban J connectivity index is 1.82. The molecule has 2 aromatic rings. The van der Waals surface area contributed by atoms with Crippen molar-refractivity contribution in [3.63, 3.8) is 0 Å². The van der Waals surface area contributed by atoms with Gasteiger partial charge in [-0.3, -0.25) is 9.88 Å². The molecule has 0 amide bonds. The van der Waals surface area contributed by atoms with Crippen LogP contribution in [0.5, 0.6) is 0 Å². The van der Waals surface area contributed by atoms with Crippen molar-refractivity contribution < 1.29 is 13.2 Å². The molecule has 26 heavy (non-hydrogen) atoms. The predicted molar refractivity (Wildman–Crippen MR) is 98.3 cm³/mol. The van der Waals surface area contributed by atoms with Gasteiger partial charge in [-0.05, 0) is 37.1 Å². The van der Waals surface area contributed by atoms with E-state index >= 15 is 0 Å². The lowest BCUT2D eigenvalue weighted by molar-refractivity contribution is 0.0932. The van der Waals surface area contributed by atoms with Crippen LogP contribution in [0, 0.1) is 0 Å². The number of sulfone groups is 1. The van der Waals surface area contributed by atoms with Gasteiger partial charge < -0.3 is 9.30 Å². The summed E-state index contributed by atoms with van der Waals surface area (Å²) in [5, 5.41) is 0.128. The average Bonchev–Trinajstić information content (AvgIpc) is 3.25. The first-order valence-electron chi connectivity index (χ1n) is 8.94. The van der Waals surface area contributed by atoms with Gasteiger partial charge in [0, 0.05) is 38.3 Å². The highest BCUT2D eigenvalue weighted by Gasteiger charge is 2.24. The molecule has 1 aliphatic rings. The van der Waals surface area contributed by atoms with Crippen LogP contribution in [-0.4, -0.2) is 53.4 Å². The summed E-state index contributed by atoms with van der Waals surface area (Å²) in [6.45, 7) is 5.63. The molecule has 1 fully saturated rings. The molecule has 0 aliphatic carbocycles. The fourth-order valence-electron chi connectivity index (χ4n) is 3.26. The lowest BCUT2D eigenvalue weighted by Crippen LogP contribution is -2.26. The number of hydrogen-bond donors (Lipinski definition) is 0. The molecule has 2 aromatic heterocycles. The van der Waals surface area contributed by atoms with E-state index < -0.39 is 9.84 Å². The first-order valence-corrected chi connectivity index (χ1v) is 10.8. The van der Waals surface area contributed by atoms with Crippen LogP contribution >= 0.6 is 0 Å². The van der Waals surface area contributed by atoms with Crippen molar-refractivity contribution in [2.24, 2.45) is 0 Å². The molecule has 0 aromatic carbocycles. The fourth-order valence-corrected chi connectivity index (χ4v) is 4.09. The van der Waals surface area contributed by atoms with Crippen LogP contribution in [0.1, 0.15) is 31.0 Å². The second kappa shape index (κ2) is 8.28. The minimum Gasteiger partial charge on any atom is -0.376 e. The number of pyridine rings is 1. The lowest BCUT2D eigenvalue weighted by Gasteiger charge is -2.22. The van der Waals surface area contributed by atoms with Crippen molar-refractivity contribution in [3.05, 3.63) is 42.0 Å². The van der Waals surface area contributed by atoms with E-state index in [2.05, 4.69) is 21.8 Å². The Kier molecular flexibility index (Phi) is 6.05. The van der Waals surface area contributed by atoms with Crippen LogP contribution in [0.15, 0.2) is 35.9 Å². The van der Waals surface area contributed by atoms with Gasteiger partial charge in [0.15, 0.2) is 0 Å². The molecule has 3 heterocycles. The molecular weight excluding hydrogens is 352 g/mol. The average molecular weight is 378 g/mol. The molecule has 1 saturated heterocycles. The summed E-state index contributed by atoms with van der Waals surface area (Å²) in [4.78, 5) is 10.5. The first kappa shape index (κ1) is 19.0. The molecule has 7 nitrogen and oxygen atoms in total. The molecule has 1 atom stereocenters. The van der Waals surface area contributed by atoms with Crippen LogP contribution in [0.25, 0.3) is 0 Å². The molecule has 8 heteroatoms. The Morgan fingerprint density at radius 1 is 1.31 bits per heavy atom. The molecule has 1 aliphatic heterocycles. The number of ether oxygens (including phenoxy) is 1. The van der Waals surface area contributed by atoms with Crippen molar-refractivity contribution in [1.82, 2.24) is 19.4 Å². The second-order valence-electron chi connectivity index (χ2n) is 6.71. The van der Waals surface area contributed by atoms with Gasteiger partial charge in [0.05, 0.1) is 24.5 Å². The summed E-state index contributed by atoms with van der Waals surface area (Å²) in [7, 11) is -3.39. The van der Waals surface area contributed by atoms with Crippen molar-refractivity contribution in [1.29, 1.82) is 0 Å². The number of imidazole rings is 1. The fraction of sp³-hybridized carbons (Fsp3) is 0.556. The predicted octanol–water partition coefficient (Wildman–Crippen LogP) is 1.88. The Morgan fingerprint density at radius 3 is 2.69 bits per heavy atom. The molecule has 0 N–H and O–H groups in total. The lowest BCUT2D eigenvalue weighted by atomic mass is 10.2. The van der Waals surface area contributed by atoms with Crippen LogP contribution in [0.4, 0.5) is 0 Å². The summed E-state index contributed by atoms with van der Waals surface area (Å²) in [6, 6.07) is 3.99. The Labute approximate surface area is 154 Å². The third-order valence-corrected chi connectivity index (χ3v) is 5.62. The maximum absolute atomic E-state index is 12.1. The minimum absolute atomic E-state index is 0.0544. The quantitative estimate of drug-likeness (QED) is 0.698. The van der Waals surface area contributed by atoms with Gasteiger partial charge in [-0.25, -0.2) is 13.4 Å². The van der Waals surface area contributed by atoms with Gasteiger partial charge in [0.2, 0.25) is 15.0 Å². The number of nitrogens with zero attached hydrogens (tertiary/aromatic N) is 4. The standard InChI is InChI=1S/C18H26N4O3S/c1-3-21(12-15-6-8-19-9-7-15)13-16-11-20-18(26(2,23)24)22(16)14-17-5-4-10-25-17/h6-9,11,17H,3-5,10,12-14H2,1-2H3/t17-/m0/s1. The molecule has 0 saturated carbocycles. The van der Waals surface area contributed by atoms with Crippen LogP contribution in [-0.2, 0) is 34.2 Å². The molecule has 0 spiro atoms. The van der Waals surface area contributed by atoms with Crippen molar-refractivity contribution in [2.45, 2.75) is 50.7 Å². The Hall–Kier alpha value is -1.77. The topological polar surface area (TPSA) is 77.3 Å². The van der Waals surface area contributed by atoms with E-state index in [1.165, 1.54) is 11.8 Å². The first-order chi connectivity index (χ1) is 12.5. The Bertz CT molecular complexity index is 814. The van der Waals surface area contributed by atoms with Gasteiger partial charge in [-0.1, -0.05) is 6.92 Å². The monoisotopic (exact) mass is 378 g/mol. The smallest absolute Gasteiger partial charge is 0.227 e. The SMILES string of the molecule is CCN(Cc1ccncc1)Cc1cnc(S(C)(=O)=O)n1C[C@@H]1CCCO1. The zero-order chi connectivity index (χ0) is 18.6. The molecule has 0 radical (unpaired) electrons. The second-order valence-corrected chi connectivity index (χ2v) is 8.62. The summed E-state index contributed by atoms with van der Waals surface area (Å²) in [6.07, 6.45) is 8.49. The van der Waals surface area contributed by atoms with E-state index in [-0.39, 0.29) is 11.3 Å². The highest BCUT2D eigenvalue weighted by atomic mass is 32.2. The van der Waals surface area contributed by atoms with E-state index in [4.69, 9.17) is 4.74 Å². The zero-order valence-electron chi connectivity index (χ0n) is 15.3. The zero-order valence-corrected chi connectivity index (χ0v) is 16.2. The van der Waals surface area contributed by atoms with E-state index in [0.29, 0.717) is 13.1 Å². The van der Waals surface area contributed by atoms with Gasteiger partial charge in [-0.15, -0.1) is 0 Å². The van der Waals surface area contributed by atoms with Gasteiger partial charge in [-0.2, -0.15) is 0 Å². The van der Waals surface area contributed by atoms with Gasteiger partial charge >= 0.3 is 0 Å². The largest absolute Gasteiger partial charge is 0.376 e. The molecule has 142 valence electrons. The maximum Gasteiger partial charge on any atom is 0.227 e. The summed E-state index contributed by atoms with van der Waals surface area (Å²) in [5.41, 5.74) is 2.08. The van der Waals surface area contributed by atoms with Crippen LogP contribution in [0.2, 0.25) is 0 Å². The van der Waals surface area contributed by atoms with Crippen molar-refractivity contribution >= 4 is 9.84 Å². The molecular formula is C18H26N4O3S. The van der Waals surface area contributed by atoms with E-state index in [1.807, 2.05) is 16.7 Å². The van der Waals surface area contributed by atoms with E-state index in [9.17, 15) is 8.42 Å². The highest BCUT2D eigenvalue weighted by Crippen LogP contribution is 2.20. The molecule has 0 unspecified atom stereocenters. The van der Waals surface area contributed by atoms with Crippen molar-refractivity contribution in [3.8, 4) is 0 Å². The van der Waals surface area contributed by atoms with Gasteiger partial charge in [0.1, 0.15) is 0 Å². The summed E-state index contributed by atoms with van der Waals surface area (Å²) in [5.74, 6) is 0. The third kappa shape index (κ3) is 4.69. The highest BCUT2D eigenvalue weighted by molar-refractivity contribution is 7.90. The summed E-state index contributed by atoms with van der Waals surface area (Å²) < 4.78 is 31.8.